The Morgan fingerprint density at radius 3 is 2.64 bits per heavy atom. The molecule has 0 spiro atoms. The Hall–Kier alpha value is -3.58. The van der Waals surface area contributed by atoms with Crippen molar-refractivity contribution in [3.8, 4) is 16.9 Å². The summed E-state index contributed by atoms with van der Waals surface area (Å²) >= 11 is 0. The summed E-state index contributed by atoms with van der Waals surface area (Å²) in [5.41, 5.74) is 2.91. The third-order valence-electron chi connectivity index (χ3n) is 6.85. The van der Waals surface area contributed by atoms with Crippen LogP contribution >= 0.6 is 7.14 Å². The monoisotopic (exact) mass is 511 g/mol. The molecular weight excluding hydrogens is 490 g/mol. The quantitative estimate of drug-likeness (QED) is 0.369. The highest BCUT2D eigenvalue weighted by Crippen LogP contribution is 2.47. The maximum absolute atomic E-state index is 15.1. The summed E-state index contributed by atoms with van der Waals surface area (Å²) in [7, 11) is -2.62. The maximum Gasteiger partial charge on any atom is 0.387 e. The van der Waals surface area contributed by atoms with E-state index in [1.54, 1.807) is 49.7 Å². The van der Waals surface area contributed by atoms with Crippen LogP contribution in [-0.4, -0.2) is 35.4 Å². The van der Waals surface area contributed by atoms with Gasteiger partial charge in [0.1, 0.15) is 24.5 Å². The van der Waals surface area contributed by atoms with Gasteiger partial charge in [-0.15, -0.1) is 0 Å². The van der Waals surface area contributed by atoms with E-state index in [0.717, 1.165) is 0 Å². The Morgan fingerprint density at radius 2 is 1.92 bits per heavy atom. The van der Waals surface area contributed by atoms with Crippen molar-refractivity contribution < 1.29 is 27.3 Å². The molecular formula is C26H21F3N3O3P. The van der Waals surface area contributed by atoms with E-state index in [9.17, 15) is 18.1 Å². The molecule has 1 aromatic heterocycles. The van der Waals surface area contributed by atoms with Crippen molar-refractivity contribution in [1.29, 1.82) is 0 Å². The largest absolute Gasteiger partial charge is 0.434 e. The molecule has 0 fully saturated rings. The zero-order valence-corrected chi connectivity index (χ0v) is 20.2. The molecule has 36 heavy (non-hydrogen) atoms. The van der Waals surface area contributed by atoms with Gasteiger partial charge in [-0.1, -0.05) is 24.3 Å². The third kappa shape index (κ3) is 3.53. The number of rotatable bonds is 4. The van der Waals surface area contributed by atoms with Crippen LogP contribution in [0.15, 0.2) is 54.6 Å². The fourth-order valence-electron chi connectivity index (χ4n) is 5.25. The lowest BCUT2D eigenvalue weighted by Gasteiger charge is -2.21. The molecule has 6 rings (SSSR count). The van der Waals surface area contributed by atoms with Crippen LogP contribution in [0.3, 0.4) is 0 Å². The average molecular weight is 511 g/mol. The highest BCUT2D eigenvalue weighted by molar-refractivity contribution is 7.70. The first-order chi connectivity index (χ1) is 17.1. The zero-order chi connectivity index (χ0) is 25.4. The second kappa shape index (κ2) is 7.96. The van der Waals surface area contributed by atoms with Crippen molar-refractivity contribution in [3.63, 3.8) is 0 Å². The first-order valence-corrected chi connectivity index (χ1v) is 14.0. The first-order valence-electron chi connectivity index (χ1n) is 11.4. The van der Waals surface area contributed by atoms with Crippen molar-refractivity contribution in [1.82, 2.24) is 14.9 Å². The second-order valence-electron chi connectivity index (χ2n) is 9.43. The molecule has 1 amide bonds. The van der Waals surface area contributed by atoms with E-state index < -0.39 is 31.7 Å². The molecule has 10 heteroatoms. The molecule has 0 unspecified atom stereocenters. The standard InChI is InChI=1S/C26H21F3N3O3P/c1-36(2,34)14-7-8-15(17(27)11-14)13-6-9-18-20(10-13)32-21-12-19(24(32)30-18)31-25(33)16-4-3-5-22(23(16)21)35-26(28)29/h3-11,19,21,26H,12H2,1-2H3,(H,31,33)/t19-,21-/m1/s1. The summed E-state index contributed by atoms with van der Waals surface area (Å²) in [6.07, 6.45) is 0.427. The van der Waals surface area contributed by atoms with Gasteiger partial charge in [0.25, 0.3) is 5.91 Å². The van der Waals surface area contributed by atoms with E-state index in [4.69, 9.17) is 9.72 Å². The van der Waals surface area contributed by atoms with Gasteiger partial charge >= 0.3 is 6.61 Å². The SMILES string of the molecule is CP(C)(=O)c1ccc(-c2ccc3nc4n(c3c2)[C@@H]2C[C@H]4NC(=O)c3cccc(OC(F)F)c32)c(F)c1. The number of ether oxygens (including phenoxy) is 1. The fourth-order valence-corrected chi connectivity index (χ4v) is 6.11. The zero-order valence-electron chi connectivity index (χ0n) is 19.3. The molecule has 2 aliphatic rings. The predicted molar refractivity (Wildman–Crippen MR) is 130 cm³/mol. The van der Waals surface area contributed by atoms with Crippen LogP contribution in [0, 0.1) is 5.82 Å². The summed E-state index contributed by atoms with van der Waals surface area (Å²) in [5, 5.41) is 3.41. The summed E-state index contributed by atoms with van der Waals surface area (Å²) < 4.78 is 60.6. The van der Waals surface area contributed by atoms with Gasteiger partial charge in [-0.05, 0) is 55.6 Å². The van der Waals surface area contributed by atoms with Gasteiger partial charge in [-0.3, -0.25) is 4.79 Å². The fraction of sp³-hybridized carbons (Fsp3) is 0.231. The summed E-state index contributed by atoms with van der Waals surface area (Å²) in [4.78, 5) is 17.6. The van der Waals surface area contributed by atoms with Gasteiger partial charge in [0.05, 0.1) is 23.1 Å². The molecule has 4 aromatic rings. The van der Waals surface area contributed by atoms with Crippen LogP contribution in [0.1, 0.15) is 40.3 Å². The van der Waals surface area contributed by atoms with Crippen LogP contribution in [0.5, 0.6) is 5.75 Å². The number of carbonyl (C=O) groups is 1. The van der Waals surface area contributed by atoms with Crippen molar-refractivity contribution in [2.75, 3.05) is 13.3 Å². The van der Waals surface area contributed by atoms with Gasteiger partial charge in [0.2, 0.25) is 0 Å². The van der Waals surface area contributed by atoms with E-state index in [-0.39, 0.29) is 17.2 Å². The molecule has 2 atom stereocenters. The van der Waals surface area contributed by atoms with Crippen LogP contribution < -0.4 is 15.4 Å². The minimum Gasteiger partial charge on any atom is -0.434 e. The minimum atomic E-state index is -3.04. The number of carbonyl (C=O) groups excluding carboxylic acids is 1. The Balaban J connectivity index is 1.53. The Labute approximate surface area is 204 Å². The van der Waals surface area contributed by atoms with E-state index >= 15 is 4.39 Å². The van der Waals surface area contributed by atoms with E-state index in [2.05, 4.69) is 5.32 Å². The van der Waals surface area contributed by atoms with E-state index in [1.165, 1.54) is 18.2 Å². The number of alkyl halides is 2. The minimum absolute atomic E-state index is 0.0562. The van der Waals surface area contributed by atoms with Crippen molar-refractivity contribution in [3.05, 3.63) is 77.4 Å². The maximum atomic E-state index is 15.1. The number of nitrogens with one attached hydrogen (secondary N) is 1. The average Bonchev–Trinajstić information content (AvgIpc) is 3.30. The van der Waals surface area contributed by atoms with Crippen LogP contribution in [-0.2, 0) is 4.57 Å². The number of halogens is 3. The molecule has 2 bridgehead atoms. The summed E-state index contributed by atoms with van der Waals surface area (Å²) in [6.45, 7) is 0.136. The van der Waals surface area contributed by atoms with Crippen LogP contribution in [0.25, 0.3) is 22.2 Å². The smallest absolute Gasteiger partial charge is 0.387 e. The lowest BCUT2D eigenvalue weighted by molar-refractivity contribution is -0.0507. The molecule has 0 aliphatic carbocycles. The van der Waals surface area contributed by atoms with Gasteiger partial charge in [0, 0.05) is 22.0 Å². The molecule has 0 radical (unpaired) electrons. The highest BCUT2D eigenvalue weighted by Gasteiger charge is 2.42. The summed E-state index contributed by atoms with van der Waals surface area (Å²) in [5.74, 6) is -0.314. The van der Waals surface area contributed by atoms with Gasteiger partial charge < -0.3 is 19.2 Å². The number of benzene rings is 3. The third-order valence-corrected chi connectivity index (χ3v) is 8.37. The molecule has 3 aromatic carbocycles. The molecule has 6 nitrogen and oxygen atoms in total. The van der Waals surface area contributed by atoms with E-state index in [0.29, 0.717) is 45.3 Å². The number of hydrogen-bond donors (Lipinski definition) is 1. The number of amides is 1. The highest BCUT2D eigenvalue weighted by atomic mass is 31.2. The van der Waals surface area contributed by atoms with Crippen molar-refractivity contribution in [2.24, 2.45) is 0 Å². The number of fused-ring (bicyclic) bond motifs is 9. The molecule has 184 valence electrons. The number of hydrogen-bond acceptors (Lipinski definition) is 4. The molecule has 3 heterocycles. The topological polar surface area (TPSA) is 73.2 Å². The molecule has 0 saturated heterocycles. The summed E-state index contributed by atoms with van der Waals surface area (Å²) in [6, 6.07) is 13.5. The predicted octanol–water partition coefficient (Wildman–Crippen LogP) is 5.47. The van der Waals surface area contributed by atoms with Crippen LogP contribution in [0.2, 0.25) is 0 Å². The normalized spacial score (nSPS) is 18.7. The number of aromatic nitrogens is 2. The molecule has 1 N–H and O–H groups in total. The lowest BCUT2D eigenvalue weighted by Crippen LogP contribution is -2.28. The Morgan fingerprint density at radius 1 is 1.11 bits per heavy atom. The Bertz CT molecular complexity index is 1610. The second-order valence-corrected chi connectivity index (χ2v) is 12.7. The molecule has 2 aliphatic heterocycles. The first kappa shape index (κ1) is 22.9. The van der Waals surface area contributed by atoms with Gasteiger partial charge in [-0.2, -0.15) is 8.78 Å². The van der Waals surface area contributed by atoms with Gasteiger partial charge in [0.15, 0.2) is 0 Å². The molecule has 0 saturated carbocycles. The van der Waals surface area contributed by atoms with Gasteiger partial charge in [-0.25, -0.2) is 9.37 Å². The Kier molecular flexibility index (Phi) is 5.06. The van der Waals surface area contributed by atoms with Crippen molar-refractivity contribution in [2.45, 2.75) is 25.1 Å². The lowest BCUT2D eigenvalue weighted by atomic mass is 9.97. The van der Waals surface area contributed by atoms with E-state index in [1.807, 2.05) is 4.57 Å². The number of imidazole rings is 1. The van der Waals surface area contributed by atoms with Crippen molar-refractivity contribution >= 4 is 29.4 Å². The van der Waals surface area contributed by atoms with Crippen LogP contribution in [0.4, 0.5) is 13.2 Å². The number of nitrogens with zero attached hydrogens (tertiary/aromatic N) is 2.